The second-order valence-electron chi connectivity index (χ2n) is 10.8. The topological polar surface area (TPSA) is 96.5 Å². The van der Waals surface area contributed by atoms with Gasteiger partial charge in [-0.3, -0.25) is 4.79 Å². The summed E-state index contributed by atoms with van der Waals surface area (Å²) in [6, 6.07) is 0.0842. The van der Waals surface area contributed by atoms with Crippen LogP contribution in [0.1, 0.15) is 85.0 Å². The summed E-state index contributed by atoms with van der Waals surface area (Å²) in [4.78, 5) is 35.3. The standard InChI is InChI=1S/C25H43N5O3/c1-9-13-26-22-20(15-27-17(2)28-22)25(6,7)18-11-10-12-19(14-18)29-21(31)16-30(8)23(32)33-24(3,4)5/h15,18-19H,9-14,16H2,1-8H3,(H,29,31)(H,26,27,28)/t18-,19+/m1/s1. The van der Waals surface area contributed by atoms with Crippen molar-refractivity contribution in [2.24, 2.45) is 5.92 Å². The van der Waals surface area contributed by atoms with Crippen molar-refractivity contribution in [1.29, 1.82) is 0 Å². The van der Waals surface area contributed by atoms with Crippen LogP contribution in [0.25, 0.3) is 0 Å². The lowest BCUT2D eigenvalue weighted by Crippen LogP contribution is -2.47. The highest BCUT2D eigenvalue weighted by molar-refractivity contribution is 5.82. The molecule has 0 unspecified atom stereocenters. The summed E-state index contributed by atoms with van der Waals surface area (Å²) in [7, 11) is 1.59. The number of likely N-dealkylation sites (N-methyl/N-ethyl adjacent to an activating group) is 1. The van der Waals surface area contributed by atoms with Gasteiger partial charge in [0, 0.05) is 31.4 Å². The number of carbonyl (C=O) groups excluding carboxylic acids is 2. The van der Waals surface area contributed by atoms with E-state index in [4.69, 9.17) is 4.74 Å². The molecule has 1 saturated carbocycles. The van der Waals surface area contributed by atoms with Crippen molar-refractivity contribution in [2.45, 2.75) is 97.6 Å². The summed E-state index contributed by atoms with van der Waals surface area (Å²) in [5.41, 5.74) is 0.401. The van der Waals surface area contributed by atoms with Crippen molar-refractivity contribution in [3.63, 3.8) is 0 Å². The van der Waals surface area contributed by atoms with Crippen LogP contribution in [0.5, 0.6) is 0 Å². The molecule has 2 rings (SSSR count). The number of nitrogens with one attached hydrogen (secondary N) is 2. The second kappa shape index (κ2) is 11.2. The normalized spacial score (nSPS) is 19.0. The summed E-state index contributed by atoms with van der Waals surface area (Å²) in [6.07, 6.45) is 6.46. The van der Waals surface area contributed by atoms with Crippen LogP contribution in [0, 0.1) is 12.8 Å². The number of carbonyl (C=O) groups is 2. The number of hydrogen-bond donors (Lipinski definition) is 2. The highest BCUT2D eigenvalue weighted by atomic mass is 16.6. The molecule has 2 N–H and O–H groups in total. The summed E-state index contributed by atoms with van der Waals surface area (Å²) in [5.74, 6) is 1.90. The number of amides is 2. The number of hydrogen-bond acceptors (Lipinski definition) is 6. The van der Waals surface area contributed by atoms with Gasteiger partial charge in [0.2, 0.25) is 5.91 Å². The first kappa shape index (κ1) is 26.9. The fraction of sp³-hybridized carbons (Fsp3) is 0.760. The Hall–Kier alpha value is -2.38. The maximum Gasteiger partial charge on any atom is 0.410 e. The largest absolute Gasteiger partial charge is 0.444 e. The number of nitrogens with zero attached hydrogens (tertiary/aromatic N) is 3. The molecule has 1 heterocycles. The molecular formula is C25H43N5O3. The van der Waals surface area contributed by atoms with Gasteiger partial charge >= 0.3 is 6.09 Å². The molecule has 8 heteroatoms. The van der Waals surface area contributed by atoms with Crippen LogP contribution in [0.3, 0.4) is 0 Å². The van der Waals surface area contributed by atoms with Gasteiger partial charge in [0.15, 0.2) is 0 Å². The van der Waals surface area contributed by atoms with Gasteiger partial charge in [-0.05, 0) is 64.7 Å². The average molecular weight is 462 g/mol. The van der Waals surface area contributed by atoms with E-state index in [0.717, 1.165) is 55.9 Å². The number of anilines is 1. The first-order chi connectivity index (χ1) is 15.3. The summed E-state index contributed by atoms with van der Waals surface area (Å²) < 4.78 is 5.34. The molecule has 1 aliphatic rings. The fourth-order valence-electron chi connectivity index (χ4n) is 4.41. The van der Waals surface area contributed by atoms with Crippen molar-refractivity contribution in [3.8, 4) is 0 Å². The predicted octanol–water partition coefficient (Wildman–Crippen LogP) is 4.43. The molecule has 33 heavy (non-hydrogen) atoms. The van der Waals surface area contributed by atoms with Crippen LogP contribution in [0.2, 0.25) is 0 Å². The van der Waals surface area contributed by atoms with E-state index in [2.05, 4.69) is 41.4 Å². The van der Waals surface area contributed by atoms with Crippen LogP contribution in [-0.4, -0.2) is 58.6 Å². The molecule has 2 atom stereocenters. The van der Waals surface area contributed by atoms with Crippen LogP contribution in [-0.2, 0) is 14.9 Å². The molecule has 0 bridgehead atoms. The van der Waals surface area contributed by atoms with Gasteiger partial charge in [-0.1, -0.05) is 27.2 Å². The number of rotatable bonds is 8. The highest BCUT2D eigenvalue weighted by Crippen LogP contribution is 2.42. The highest BCUT2D eigenvalue weighted by Gasteiger charge is 2.38. The van der Waals surface area contributed by atoms with Gasteiger partial charge in [0.25, 0.3) is 0 Å². The van der Waals surface area contributed by atoms with Crippen LogP contribution < -0.4 is 10.6 Å². The smallest absolute Gasteiger partial charge is 0.410 e. The third-order valence-corrected chi connectivity index (χ3v) is 6.29. The zero-order valence-corrected chi connectivity index (χ0v) is 21.7. The molecule has 1 aromatic rings. The number of aryl methyl sites for hydroxylation is 1. The average Bonchev–Trinajstić information content (AvgIpc) is 2.71. The molecular weight excluding hydrogens is 418 g/mol. The van der Waals surface area contributed by atoms with Crippen molar-refractivity contribution in [1.82, 2.24) is 20.2 Å². The van der Waals surface area contributed by atoms with Gasteiger partial charge < -0.3 is 20.3 Å². The molecule has 1 fully saturated rings. The van der Waals surface area contributed by atoms with Gasteiger partial charge in [-0.15, -0.1) is 0 Å². The maximum atomic E-state index is 12.6. The molecule has 0 spiro atoms. The Morgan fingerprint density at radius 3 is 2.55 bits per heavy atom. The fourth-order valence-corrected chi connectivity index (χ4v) is 4.41. The van der Waals surface area contributed by atoms with Gasteiger partial charge in [0.05, 0.1) is 0 Å². The van der Waals surface area contributed by atoms with E-state index in [0.29, 0.717) is 5.92 Å². The first-order valence-electron chi connectivity index (χ1n) is 12.1. The van der Waals surface area contributed by atoms with E-state index in [9.17, 15) is 9.59 Å². The molecule has 1 aliphatic carbocycles. The van der Waals surface area contributed by atoms with E-state index < -0.39 is 11.7 Å². The minimum atomic E-state index is -0.589. The lowest BCUT2D eigenvalue weighted by Gasteiger charge is -2.41. The van der Waals surface area contributed by atoms with Crippen LogP contribution in [0.15, 0.2) is 6.20 Å². The molecule has 8 nitrogen and oxygen atoms in total. The molecule has 0 saturated heterocycles. The summed E-state index contributed by atoms with van der Waals surface area (Å²) in [5, 5.41) is 6.61. The van der Waals surface area contributed by atoms with Crippen molar-refractivity contribution < 1.29 is 14.3 Å². The monoisotopic (exact) mass is 461 g/mol. The van der Waals surface area contributed by atoms with Gasteiger partial charge in [-0.25, -0.2) is 14.8 Å². The SMILES string of the molecule is CCCNc1nc(C)ncc1C(C)(C)[C@@H]1CCC[C@H](NC(=O)CN(C)C(=O)OC(C)(C)C)C1. The molecule has 0 radical (unpaired) electrons. The molecule has 1 aromatic heterocycles. The Morgan fingerprint density at radius 1 is 1.21 bits per heavy atom. The first-order valence-corrected chi connectivity index (χ1v) is 12.1. The Balaban J connectivity index is 2.03. The molecule has 0 aromatic carbocycles. The molecule has 2 amide bonds. The zero-order chi connectivity index (χ0) is 24.8. The Morgan fingerprint density at radius 2 is 1.91 bits per heavy atom. The maximum absolute atomic E-state index is 12.6. The lowest BCUT2D eigenvalue weighted by molar-refractivity contribution is -0.123. The predicted molar refractivity (Wildman–Crippen MR) is 131 cm³/mol. The van der Waals surface area contributed by atoms with Crippen molar-refractivity contribution >= 4 is 17.8 Å². The Kier molecular flexibility index (Phi) is 9.09. The lowest BCUT2D eigenvalue weighted by atomic mass is 9.66. The van der Waals surface area contributed by atoms with Gasteiger partial charge in [0.1, 0.15) is 23.8 Å². The summed E-state index contributed by atoms with van der Waals surface area (Å²) in [6.45, 7) is 14.8. The molecule has 0 aliphatic heterocycles. The second-order valence-corrected chi connectivity index (χ2v) is 10.8. The van der Waals surface area contributed by atoms with E-state index in [1.54, 1.807) is 7.05 Å². The Bertz CT molecular complexity index is 819. The zero-order valence-electron chi connectivity index (χ0n) is 21.7. The Labute approximate surface area is 199 Å². The minimum Gasteiger partial charge on any atom is -0.444 e. The third kappa shape index (κ3) is 7.86. The summed E-state index contributed by atoms with van der Waals surface area (Å²) >= 11 is 0. The number of aromatic nitrogens is 2. The van der Waals surface area contributed by atoms with E-state index in [1.165, 1.54) is 4.90 Å². The van der Waals surface area contributed by atoms with E-state index >= 15 is 0 Å². The van der Waals surface area contributed by atoms with E-state index in [1.807, 2.05) is 33.9 Å². The number of ether oxygens (including phenoxy) is 1. The van der Waals surface area contributed by atoms with Crippen LogP contribution >= 0.6 is 0 Å². The van der Waals surface area contributed by atoms with Crippen molar-refractivity contribution in [3.05, 3.63) is 17.6 Å². The van der Waals surface area contributed by atoms with E-state index in [-0.39, 0.29) is 23.9 Å². The van der Waals surface area contributed by atoms with Crippen molar-refractivity contribution in [2.75, 3.05) is 25.5 Å². The van der Waals surface area contributed by atoms with Gasteiger partial charge in [-0.2, -0.15) is 0 Å². The third-order valence-electron chi connectivity index (χ3n) is 6.29. The quantitative estimate of drug-likeness (QED) is 0.595. The van der Waals surface area contributed by atoms with Crippen LogP contribution in [0.4, 0.5) is 10.6 Å². The minimum absolute atomic E-state index is 0.0175. The molecule has 186 valence electrons.